The number of ketones is 1. The first-order valence-electron chi connectivity index (χ1n) is 6.69. The van der Waals surface area contributed by atoms with Gasteiger partial charge in [0.25, 0.3) is 0 Å². The van der Waals surface area contributed by atoms with Gasteiger partial charge in [-0.25, -0.2) is 0 Å². The van der Waals surface area contributed by atoms with Gasteiger partial charge in [0, 0.05) is 36.6 Å². The van der Waals surface area contributed by atoms with Crippen LogP contribution in [0.15, 0.2) is 18.2 Å². The summed E-state index contributed by atoms with van der Waals surface area (Å²) in [7, 11) is 0. The second-order valence-corrected chi connectivity index (χ2v) is 5.17. The van der Waals surface area contributed by atoms with Crippen LogP contribution in [0.25, 0.3) is 0 Å². The van der Waals surface area contributed by atoms with Crippen molar-refractivity contribution in [2.75, 3.05) is 11.4 Å². The molecule has 1 aliphatic heterocycles. The Morgan fingerprint density at radius 2 is 2.11 bits per heavy atom. The highest BCUT2D eigenvalue weighted by molar-refractivity contribution is 6.08. The van der Waals surface area contributed by atoms with Crippen LogP contribution < -0.4 is 4.90 Å². The average Bonchev–Trinajstić information content (AvgIpc) is 2.67. The minimum atomic E-state index is 0.133. The van der Waals surface area contributed by atoms with E-state index in [1.54, 1.807) is 0 Å². The van der Waals surface area contributed by atoms with Gasteiger partial charge >= 0.3 is 0 Å². The van der Waals surface area contributed by atoms with E-state index in [1.165, 1.54) is 0 Å². The summed E-state index contributed by atoms with van der Waals surface area (Å²) in [5, 5.41) is 0. The Labute approximate surface area is 107 Å². The zero-order valence-corrected chi connectivity index (χ0v) is 10.6. The second kappa shape index (κ2) is 4.23. The van der Waals surface area contributed by atoms with Crippen LogP contribution >= 0.6 is 0 Å². The lowest BCUT2D eigenvalue weighted by Crippen LogP contribution is -2.36. The molecular weight excluding hydrogens is 226 g/mol. The lowest BCUT2D eigenvalue weighted by molar-refractivity contribution is -0.119. The Bertz CT molecular complexity index is 521. The van der Waals surface area contributed by atoms with Gasteiger partial charge in [0.15, 0.2) is 5.78 Å². The summed E-state index contributed by atoms with van der Waals surface area (Å²) in [5.41, 5.74) is 2.94. The molecular formula is C15H17NO2. The topological polar surface area (TPSA) is 37.4 Å². The van der Waals surface area contributed by atoms with Gasteiger partial charge < -0.3 is 4.90 Å². The molecule has 18 heavy (non-hydrogen) atoms. The molecule has 1 aromatic rings. The molecule has 3 rings (SSSR count). The zero-order valence-electron chi connectivity index (χ0n) is 10.6. The van der Waals surface area contributed by atoms with E-state index in [0.29, 0.717) is 12.8 Å². The molecule has 1 atom stereocenters. The monoisotopic (exact) mass is 243 g/mol. The molecule has 1 heterocycles. The molecule has 1 unspecified atom stereocenters. The number of hydrogen-bond acceptors (Lipinski definition) is 2. The Balaban J connectivity index is 2.06. The van der Waals surface area contributed by atoms with Crippen LogP contribution in [0.4, 0.5) is 5.69 Å². The van der Waals surface area contributed by atoms with Crippen LogP contribution in [-0.2, 0) is 4.79 Å². The molecule has 3 nitrogen and oxygen atoms in total. The standard InChI is InChI=1S/C15H17NO2/c1-2-3-7-16-12-6-4-5-11-13(17)8-10(15(11)12)9-14(16)18/h4-6,10H,2-3,7-9H2,1H3. The molecule has 1 aromatic carbocycles. The van der Waals surface area contributed by atoms with Crippen molar-refractivity contribution in [1.82, 2.24) is 0 Å². The lowest BCUT2D eigenvalue weighted by Gasteiger charge is -2.32. The van der Waals surface area contributed by atoms with Crippen molar-refractivity contribution in [3.05, 3.63) is 29.3 Å². The number of rotatable bonds is 3. The van der Waals surface area contributed by atoms with Gasteiger partial charge in [-0.3, -0.25) is 9.59 Å². The van der Waals surface area contributed by atoms with Crippen molar-refractivity contribution in [2.24, 2.45) is 0 Å². The van der Waals surface area contributed by atoms with E-state index in [-0.39, 0.29) is 17.6 Å². The highest BCUT2D eigenvalue weighted by atomic mass is 16.2. The molecule has 94 valence electrons. The van der Waals surface area contributed by atoms with Gasteiger partial charge in [-0.15, -0.1) is 0 Å². The van der Waals surface area contributed by atoms with E-state index in [1.807, 2.05) is 23.1 Å². The maximum Gasteiger partial charge on any atom is 0.227 e. The van der Waals surface area contributed by atoms with Crippen molar-refractivity contribution >= 4 is 17.4 Å². The van der Waals surface area contributed by atoms with Gasteiger partial charge in [-0.2, -0.15) is 0 Å². The number of unbranched alkanes of at least 4 members (excludes halogenated alkanes) is 1. The first-order valence-corrected chi connectivity index (χ1v) is 6.69. The fraction of sp³-hybridized carbons (Fsp3) is 0.467. The summed E-state index contributed by atoms with van der Waals surface area (Å²) in [4.78, 5) is 26.0. The summed E-state index contributed by atoms with van der Waals surface area (Å²) >= 11 is 0. The maximum atomic E-state index is 12.2. The van der Waals surface area contributed by atoms with Crippen LogP contribution in [-0.4, -0.2) is 18.2 Å². The van der Waals surface area contributed by atoms with Crippen molar-refractivity contribution in [3.63, 3.8) is 0 Å². The van der Waals surface area contributed by atoms with Gasteiger partial charge in [-0.1, -0.05) is 25.5 Å². The third kappa shape index (κ3) is 1.57. The SMILES string of the molecule is CCCCN1C(=O)CC2CC(=O)c3cccc1c32. The minimum Gasteiger partial charge on any atom is -0.312 e. The number of carbonyl (C=O) groups excluding carboxylic acids is 2. The first-order chi connectivity index (χ1) is 8.72. The van der Waals surface area contributed by atoms with E-state index < -0.39 is 0 Å². The van der Waals surface area contributed by atoms with Crippen LogP contribution in [0, 0.1) is 0 Å². The molecule has 2 aliphatic rings. The molecule has 0 spiro atoms. The molecule has 0 saturated carbocycles. The Morgan fingerprint density at radius 1 is 1.28 bits per heavy atom. The van der Waals surface area contributed by atoms with Gasteiger partial charge in [0.2, 0.25) is 5.91 Å². The van der Waals surface area contributed by atoms with Gasteiger partial charge in [0.05, 0.1) is 0 Å². The van der Waals surface area contributed by atoms with Crippen LogP contribution in [0.2, 0.25) is 0 Å². The summed E-state index contributed by atoms with van der Waals surface area (Å²) in [6, 6.07) is 5.78. The zero-order chi connectivity index (χ0) is 12.7. The van der Waals surface area contributed by atoms with Crippen molar-refractivity contribution < 1.29 is 9.59 Å². The molecule has 0 fully saturated rings. The van der Waals surface area contributed by atoms with Gasteiger partial charge in [0.1, 0.15) is 0 Å². The average molecular weight is 243 g/mol. The van der Waals surface area contributed by atoms with E-state index in [2.05, 4.69) is 6.92 Å². The maximum absolute atomic E-state index is 12.2. The smallest absolute Gasteiger partial charge is 0.227 e. The van der Waals surface area contributed by atoms with Crippen LogP contribution in [0.3, 0.4) is 0 Å². The lowest BCUT2D eigenvalue weighted by atomic mass is 9.91. The number of amides is 1. The highest BCUT2D eigenvalue weighted by Gasteiger charge is 2.39. The molecule has 0 aromatic heterocycles. The Hall–Kier alpha value is -1.64. The fourth-order valence-corrected chi connectivity index (χ4v) is 3.09. The number of Topliss-reactive ketones (excluding diaryl/α,β-unsaturated/α-hetero) is 1. The van der Waals surface area contributed by atoms with Crippen LogP contribution in [0.5, 0.6) is 0 Å². The second-order valence-electron chi connectivity index (χ2n) is 5.17. The molecule has 0 radical (unpaired) electrons. The number of benzene rings is 1. The molecule has 0 bridgehead atoms. The Kier molecular flexibility index (Phi) is 2.69. The van der Waals surface area contributed by atoms with Crippen molar-refractivity contribution in [2.45, 2.75) is 38.5 Å². The summed E-state index contributed by atoms with van der Waals surface area (Å²) in [5.74, 6) is 0.504. The number of carbonyl (C=O) groups is 2. The normalized spacial score (nSPS) is 21.4. The quantitative estimate of drug-likeness (QED) is 0.818. The molecule has 0 saturated heterocycles. The van der Waals surface area contributed by atoms with Crippen molar-refractivity contribution in [1.29, 1.82) is 0 Å². The third-order valence-corrected chi connectivity index (χ3v) is 3.97. The Morgan fingerprint density at radius 3 is 2.89 bits per heavy atom. The molecule has 1 amide bonds. The summed E-state index contributed by atoms with van der Waals surface area (Å²) < 4.78 is 0. The number of nitrogens with zero attached hydrogens (tertiary/aromatic N) is 1. The first kappa shape index (κ1) is 11.5. The van der Waals surface area contributed by atoms with E-state index >= 15 is 0 Å². The van der Waals surface area contributed by atoms with E-state index in [9.17, 15) is 9.59 Å². The van der Waals surface area contributed by atoms with Crippen LogP contribution in [0.1, 0.15) is 54.4 Å². The predicted molar refractivity (Wildman–Crippen MR) is 70.0 cm³/mol. The molecule has 0 N–H and O–H groups in total. The van der Waals surface area contributed by atoms with E-state index in [4.69, 9.17) is 0 Å². The molecule has 3 heteroatoms. The minimum absolute atomic E-state index is 0.133. The number of hydrogen-bond donors (Lipinski definition) is 0. The largest absolute Gasteiger partial charge is 0.312 e. The third-order valence-electron chi connectivity index (χ3n) is 3.97. The van der Waals surface area contributed by atoms with E-state index in [0.717, 1.165) is 36.2 Å². The predicted octanol–water partition coefficient (Wildman–Crippen LogP) is 2.89. The van der Waals surface area contributed by atoms with Crippen molar-refractivity contribution in [3.8, 4) is 0 Å². The molecule has 1 aliphatic carbocycles. The summed E-state index contributed by atoms with van der Waals surface area (Å²) in [6.07, 6.45) is 3.09. The number of anilines is 1. The van der Waals surface area contributed by atoms with Gasteiger partial charge in [-0.05, 0) is 18.1 Å². The fourth-order valence-electron chi connectivity index (χ4n) is 3.09. The highest BCUT2D eigenvalue weighted by Crippen LogP contribution is 2.45. The summed E-state index contributed by atoms with van der Waals surface area (Å²) in [6.45, 7) is 2.89.